The molecule has 1 fully saturated rings. The average molecular weight is 398 g/mol. The summed E-state index contributed by atoms with van der Waals surface area (Å²) >= 11 is 6.38. The van der Waals surface area contributed by atoms with Gasteiger partial charge in [-0.2, -0.15) is 5.01 Å². The first kappa shape index (κ1) is 17.6. The van der Waals surface area contributed by atoms with Crippen LogP contribution in [0.1, 0.15) is 11.1 Å². The summed E-state index contributed by atoms with van der Waals surface area (Å²) in [4.78, 5) is 25.3. The zero-order chi connectivity index (χ0) is 18.8. The van der Waals surface area contributed by atoms with Crippen LogP contribution in [-0.4, -0.2) is 27.9 Å². The fourth-order valence-electron chi connectivity index (χ4n) is 2.66. The number of nitrogens with zero attached hydrogens (tertiary/aromatic N) is 1. The van der Waals surface area contributed by atoms with Crippen LogP contribution in [0, 0.1) is 0 Å². The number of thioether (sulfide) groups is 1. The Balaban J connectivity index is 1.46. The molecule has 1 saturated heterocycles. The first-order valence-electron chi connectivity index (χ1n) is 8.11. The number of carbonyl (C=O) groups excluding carboxylic acids is 2. The van der Waals surface area contributed by atoms with Gasteiger partial charge in [-0.05, 0) is 41.6 Å². The van der Waals surface area contributed by atoms with Crippen LogP contribution in [0.15, 0.2) is 53.4 Å². The maximum absolute atomic E-state index is 12.6. The predicted octanol–water partition coefficient (Wildman–Crippen LogP) is 2.89. The summed E-state index contributed by atoms with van der Waals surface area (Å²) in [7, 11) is 0. The van der Waals surface area contributed by atoms with Crippen LogP contribution in [0.5, 0.6) is 11.5 Å². The molecule has 0 unspecified atom stereocenters. The van der Waals surface area contributed by atoms with Gasteiger partial charge in [-0.3, -0.25) is 15.0 Å². The number of benzene rings is 2. The van der Waals surface area contributed by atoms with Gasteiger partial charge in [0.1, 0.15) is 0 Å². The van der Waals surface area contributed by atoms with E-state index in [4.69, 9.17) is 21.7 Å². The van der Waals surface area contributed by atoms with Crippen LogP contribution in [0.2, 0.25) is 0 Å². The molecule has 0 bridgehead atoms. The van der Waals surface area contributed by atoms with E-state index in [1.807, 2.05) is 36.4 Å². The molecule has 6 nitrogen and oxygen atoms in total. The zero-order valence-electron chi connectivity index (χ0n) is 14.0. The van der Waals surface area contributed by atoms with Crippen molar-refractivity contribution >= 4 is 46.2 Å². The van der Waals surface area contributed by atoms with Gasteiger partial charge in [-0.25, -0.2) is 0 Å². The first-order chi connectivity index (χ1) is 13.1. The number of ether oxygens (including phenoxy) is 2. The normalized spacial score (nSPS) is 16.9. The molecule has 0 spiro atoms. The second kappa shape index (κ2) is 7.42. The lowest BCUT2D eigenvalue weighted by Gasteiger charge is -2.15. The van der Waals surface area contributed by atoms with Gasteiger partial charge in [0.05, 0.1) is 11.3 Å². The highest BCUT2D eigenvalue weighted by Gasteiger charge is 2.33. The SMILES string of the molecule is O=C(Cc1ccccc1)NN1C(=O)C(=Cc2ccc3c(c2)OCO3)SC1=S. The van der Waals surface area contributed by atoms with Crippen molar-refractivity contribution < 1.29 is 19.1 Å². The summed E-state index contributed by atoms with van der Waals surface area (Å²) in [6.07, 6.45) is 1.88. The Hall–Kier alpha value is -2.84. The quantitative estimate of drug-likeness (QED) is 0.631. The highest BCUT2D eigenvalue weighted by atomic mass is 32.2. The highest BCUT2D eigenvalue weighted by molar-refractivity contribution is 8.26. The molecule has 2 aliphatic rings. The zero-order valence-corrected chi connectivity index (χ0v) is 15.6. The Labute approximate surface area is 165 Å². The lowest BCUT2D eigenvalue weighted by Crippen LogP contribution is -2.45. The molecule has 27 heavy (non-hydrogen) atoms. The number of amides is 2. The van der Waals surface area contributed by atoms with Crippen LogP contribution >= 0.6 is 24.0 Å². The molecule has 4 rings (SSSR count). The number of nitrogens with one attached hydrogen (secondary N) is 1. The van der Waals surface area contributed by atoms with Crippen molar-refractivity contribution in [3.63, 3.8) is 0 Å². The van der Waals surface area contributed by atoms with E-state index in [-0.39, 0.29) is 29.3 Å². The average Bonchev–Trinajstić information content (AvgIpc) is 3.22. The largest absolute Gasteiger partial charge is 0.454 e. The molecular formula is C19H14N2O4S2. The number of hydrazine groups is 1. The summed E-state index contributed by atoms with van der Waals surface area (Å²) in [6.45, 7) is 0.189. The minimum Gasteiger partial charge on any atom is -0.454 e. The van der Waals surface area contributed by atoms with Gasteiger partial charge in [0.15, 0.2) is 15.8 Å². The van der Waals surface area contributed by atoms with Gasteiger partial charge < -0.3 is 9.47 Å². The molecule has 2 aliphatic heterocycles. The third-order valence-corrected chi connectivity index (χ3v) is 5.23. The van der Waals surface area contributed by atoms with Crippen LogP contribution in [0.3, 0.4) is 0 Å². The van der Waals surface area contributed by atoms with E-state index < -0.39 is 0 Å². The lowest BCUT2D eigenvalue weighted by molar-refractivity contribution is -0.132. The van der Waals surface area contributed by atoms with Gasteiger partial charge in [0, 0.05) is 0 Å². The number of hydrogen-bond acceptors (Lipinski definition) is 6. The molecule has 0 saturated carbocycles. The van der Waals surface area contributed by atoms with Crippen LogP contribution in [0.4, 0.5) is 0 Å². The van der Waals surface area contributed by atoms with Crippen LogP contribution in [-0.2, 0) is 16.0 Å². The number of fused-ring (bicyclic) bond motifs is 1. The Kier molecular flexibility index (Phi) is 4.83. The van der Waals surface area contributed by atoms with E-state index in [9.17, 15) is 9.59 Å². The van der Waals surface area contributed by atoms with Gasteiger partial charge in [-0.1, -0.05) is 48.2 Å². The standard InChI is InChI=1S/C19H14N2O4S2/c22-17(10-12-4-2-1-3-5-12)20-21-18(23)16(27-19(21)26)9-13-6-7-14-15(8-13)25-11-24-14/h1-9H,10-11H2,(H,20,22). The Morgan fingerprint density at radius 2 is 1.96 bits per heavy atom. The Morgan fingerprint density at radius 1 is 1.19 bits per heavy atom. The van der Waals surface area contributed by atoms with Crippen LogP contribution in [0.25, 0.3) is 6.08 Å². The summed E-state index contributed by atoms with van der Waals surface area (Å²) in [5.74, 6) is 0.647. The molecule has 2 heterocycles. The first-order valence-corrected chi connectivity index (χ1v) is 9.33. The van der Waals surface area contributed by atoms with E-state index in [0.717, 1.165) is 27.9 Å². The molecule has 0 radical (unpaired) electrons. The molecule has 136 valence electrons. The summed E-state index contributed by atoms with van der Waals surface area (Å²) in [5.41, 5.74) is 4.23. The van der Waals surface area contributed by atoms with E-state index in [2.05, 4.69) is 5.43 Å². The van der Waals surface area contributed by atoms with Gasteiger partial charge in [0.2, 0.25) is 12.7 Å². The lowest BCUT2D eigenvalue weighted by atomic mass is 10.1. The third-order valence-electron chi connectivity index (χ3n) is 3.93. The molecule has 8 heteroatoms. The monoisotopic (exact) mass is 398 g/mol. The van der Waals surface area contributed by atoms with Crippen LogP contribution < -0.4 is 14.9 Å². The van der Waals surface area contributed by atoms with Gasteiger partial charge in [0.25, 0.3) is 5.91 Å². The second-order valence-electron chi connectivity index (χ2n) is 5.83. The van der Waals surface area contributed by atoms with Crippen molar-refractivity contribution in [3.05, 3.63) is 64.6 Å². The molecule has 0 atom stereocenters. The number of thiocarbonyl (C=S) groups is 1. The molecule has 2 aromatic carbocycles. The predicted molar refractivity (Wildman–Crippen MR) is 106 cm³/mol. The third kappa shape index (κ3) is 3.81. The molecule has 2 aromatic rings. The summed E-state index contributed by atoms with van der Waals surface area (Å²) in [6, 6.07) is 14.7. The second-order valence-corrected chi connectivity index (χ2v) is 7.50. The van der Waals surface area contributed by atoms with Crippen molar-refractivity contribution in [2.24, 2.45) is 0 Å². The van der Waals surface area contributed by atoms with E-state index in [0.29, 0.717) is 16.4 Å². The smallest absolute Gasteiger partial charge is 0.285 e. The van der Waals surface area contributed by atoms with Crippen molar-refractivity contribution in [3.8, 4) is 11.5 Å². The molecule has 0 aromatic heterocycles. The molecule has 0 aliphatic carbocycles. The summed E-state index contributed by atoms with van der Waals surface area (Å²) < 4.78 is 10.9. The summed E-state index contributed by atoms with van der Waals surface area (Å²) in [5, 5.41) is 1.12. The van der Waals surface area contributed by atoms with Crippen molar-refractivity contribution in [2.75, 3.05) is 6.79 Å². The maximum Gasteiger partial charge on any atom is 0.285 e. The minimum absolute atomic E-state index is 0.166. The van der Waals surface area contributed by atoms with E-state index in [1.54, 1.807) is 18.2 Å². The fraction of sp³-hybridized carbons (Fsp3) is 0.105. The number of hydrogen-bond donors (Lipinski definition) is 1. The van der Waals surface area contributed by atoms with Gasteiger partial charge >= 0.3 is 0 Å². The Morgan fingerprint density at radius 3 is 2.78 bits per heavy atom. The maximum atomic E-state index is 12.6. The number of carbonyl (C=O) groups is 2. The van der Waals surface area contributed by atoms with E-state index in [1.165, 1.54) is 0 Å². The van der Waals surface area contributed by atoms with E-state index >= 15 is 0 Å². The highest BCUT2D eigenvalue weighted by Crippen LogP contribution is 2.35. The fourth-order valence-corrected chi connectivity index (χ4v) is 3.84. The molecular weight excluding hydrogens is 384 g/mol. The van der Waals surface area contributed by atoms with Crippen molar-refractivity contribution in [1.29, 1.82) is 0 Å². The molecule has 2 amide bonds. The topological polar surface area (TPSA) is 67.9 Å². The van der Waals surface area contributed by atoms with Gasteiger partial charge in [-0.15, -0.1) is 0 Å². The minimum atomic E-state index is -0.357. The van der Waals surface area contributed by atoms with Crippen molar-refractivity contribution in [1.82, 2.24) is 10.4 Å². The Bertz CT molecular complexity index is 959. The number of rotatable bonds is 4. The molecule has 1 N–H and O–H groups in total. The van der Waals surface area contributed by atoms with Crippen molar-refractivity contribution in [2.45, 2.75) is 6.42 Å².